The normalized spacial score (nSPS) is 25.8. The summed E-state index contributed by atoms with van der Waals surface area (Å²) >= 11 is 0. The van der Waals surface area contributed by atoms with E-state index in [2.05, 4.69) is 47.0 Å². The van der Waals surface area contributed by atoms with Crippen LogP contribution < -0.4 is 10.6 Å². The number of aliphatic hydroxyl groups is 2. The molecular weight excluding hydrogens is 500 g/mol. The molecule has 1 unspecified atom stereocenters. The van der Waals surface area contributed by atoms with Crippen molar-refractivity contribution in [1.82, 2.24) is 10.6 Å². The number of likely N-dealkylation sites (N-methyl/N-ethyl adjacent to an activating group) is 2. The summed E-state index contributed by atoms with van der Waals surface area (Å²) in [6.07, 6.45) is 7.57. The van der Waals surface area contributed by atoms with Crippen LogP contribution in [0.1, 0.15) is 61.1 Å². The highest BCUT2D eigenvalue weighted by atomic mass is 16.3. The molecule has 0 aliphatic heterocycles. The first-order chi connectivity index (χ1) is 19.3. The maximum Gasteiger partial charge on any atom is 0.236 e. The van der Waals surface area contributed by atoms with Crippen LogP contribution in [0.2, 0.25) is 0 Å². The number of aliphatic hydroxyl groups excluding tert-OH is 2. The molecule has 6 nitrogen and oxygen atoms in total. The molecule has 1 atom stereocenters. The lowest BCUT2D eigenvalue weighted by molar-refractivity contribution is -0.131. The van der Waals surface area contributed by atoms with Crippen molar-refractivity contribution in [2.75, 3.05) is 20.7 Å². The molecule has 4 saturated carbocycles. The van der Waals surface area contributed by atoms with Crippen LogP contribution in [-0.2, 0) is 21.4 Å². The fourth-order valence-corrected chi connectivity index (χ4v) is 8.52. The van der Waals surface area contributed by atoms with Crippen LogP contribution in [0.25, 0.3) is 21.9 Å². The summed E-state index contributed by atoms with van der Waals surface area (Å²) in [4.78, 5) is 24.9. The Morgan fingerprint density at radius 1 is 0.825 bits per heavy atom. The summed E-state index contributed by atoms with van der Waals surface area (Å²) in [5.41, 5.74) is 5.67. The van der Waals surface area contributed by atoms with Crippen molar-refractivity contribution < 1.29 is 19.8 Å². The highest BCUT2D eigenvalue weighted by Gasteiger charge is 2.52. The monoisotopic (exact) mass is 540 g/mol. The summed E-state index contributed by atoms with van der Waals surface area (Å²) in [6.45, 7) is -0.227. The first-order valence-electron chi connectivity index (χ1n) is 14.7. The molecule has 210 valence electrons. The molecule has 0 radical (unpaired) electrons. The van der Waals surface area contributed by atoms with Gasteiger partial charge in [-0.2, -0.15) is 0 Å². The maximum atomic E-state index is 12.5. The van der Waals surface area contributed by atoms with Crippen LogP contribution in [-0.4, -0.2) is 48.8 Å². The van der Waals surface area contributed by atoms with Gasteiger partial charge in [-0.15, -0.1) is 0 Å². The van der Waals surface area contributed by atoms with Crippen LogP contribution in [0.3, 0.4) is 0 Å². The zero-order valence-electron chi connectivity index (χ0n) is 23.5. The van der Waals surface area contributed by atoms with Gasteiger partial charge in [-0.3, -0.25) is 9.59 Å². The van der Waals surface area contributed by atoms with E-state index in [9.17, 15) is 19.8 Å². The summed E-state index contributed by atoms with van der Waals surface area (Å²) in [7, 11) is 3.08. The number of fused-ring (bicyclic) bond motifs is 1. The van der Waals surface area contributed by atoms with Crippen LogP contribution in [0.4, 0.5) is 0 Å². The topological polar surface area (TPSA) is 98.7 Å². The molecule has 3 aromatic rings. The Morgan fingerprint density at radius 2 is 1.38 bits per heavy atom. The van der Waals surface area contributed by atoms with Gasteiger partial charge in [0.15, 0.2) is 0 Å². The van der Waals surface area contributed by atoms with Gasteiger partial charge in [0.1, 0.15) is 5.92 Å². The Bertz CT molecular complexity index is 1400. The van der Waals surface area contributed by atoms with E-state index in [0.29, 0.717) is 12.0 Å². The molecule has 0 heterocycles. The SMILES string of the molecule is CNC(=O)C(C(=O)NC)c1ccc2cc(-c3ccc(CC(O)CO)c(C45CC6CC(CC(C6)C4)C5)c3)ccc2c1. The lowest BCUT2D eigenvalue weighted by atomic mass is 9.47. The molecule has 0 aromatic heterocycles. The molecule has 6 heteroatoms. The summed E-state index contributed by atoms with van der Waals surface area (Å²) < 4.78 is 0. The van der Waals surface area contributed by atoms with Crippen LogP contribution in [0.15, 0.2) is 54.6 Å². The Labute approximate surface area is 236 Å². The van der Waals surface area contributed by atoms with Gasteiger partial charge in [-0.05, 0) is 112 Å². The average Bonchev–Trinajstić information content (AvgIpc) is 2.96. The fraction of sp³-hybridized carbons (Fsp3) is 0.471. The van der Waals surface area contributed by atoms with Gasteiger partial charge in [0.2, 0.25) is 11.8 Å². The second-order valence-corrected chi connectivity index (χ2v) is 12.6. The van der Waals surface area contributed by atoms with Gasteiger partial charge in [0, 0.05) is 20.5 Å². The van der Waals surface area contributed by atoms with E-state index in [4.69, 9.17) is 0 Å². The quantitative estimate of drug-likeness (QED) is 0.318. The van der Waals surface area contributed by atoms with Crippen molar-refractivity contribution in [3.8, 4) is 11.1 Å². The number of hydrogen-bond acceptors (Lipinski definition) is 4. The second kappa shape index (κ2) is 10.6. The molecule has 4 fully saturated rings. The van der Waals surface area contributed by atoms with Gasteiger partial charge >= 0.3 is 0 Å². The molecular formula is C34H40N2O4. The maximum absolute atomic E-state index is 12.5. The molecule has 4 aliphatic carbocycles. The molecule has 0 spiro atoms. The third-order valence-corrected chi connectivity index (χ3v) is 9.93. The number of carbonyl (C=O) groups is 2. The van der Waals surface area contributed by atoms with Gasteiger partial charge in [0.25, 0.3) is 0 Å². The first-order valence-corrected chi connectivity index (χ1v) is 14.7. The van der Waals surface area contributed by atoms with Crippen molar-refractivity contribution in [2.24, 2.45) is 17.8 Å². The molecule has 4 bridgehead atoms. The number of carbonyl (C=O) groups excluding carboxylic acids is 2. The number of hydrogen-bond donors (Lipinski definition) is 4. The third-order valence-electron chi connectivity index (χ3n) is 9.93. The average molecular weight is 541 g/mol. The molecule has 4 N–H and O–H groups in total. The van der Waals surface area contributed by atoms with E-state index in [0.717, 1.165) is 39.7 Å². The smallest absolute Gasteiger partial charge is 0.236 e. The van der Waals surface area contributed by atoms with E-state index >= 15 is 0 Å². The summed E-state index contributed by atoms with van der Waals surface area (Å²) in [5.74, 6) is 0.873. The van der Waals surface area contributed by atoms with Gasteiger partial charge in [-0.1, -0.05) is 42.5 Å². The molecule has 40 heavy (non-hydrogen) atoms. The highest BCUT2D eigenvalue weighted by Crippen LogP contribution is 2.61. The van der Waals surface area contributed by atoms with Gasteiger partial charge in [0.05, 0.1) is 12.7 Å². The lowest BCUT2D eigenvalue weighted by Gasteiger charge is -2.57. The Hall–Kier alpha value is -3.22. The predicted molar refractivity (Wildman–Crippen MR) is 157 cm³/mol. The molecule has 0 saturated heterocycles. The van der Waals surface area contributed by atoms with Crippen molar-refractivity contribution >= 4 is 22.6 Å². The predicted octanol–water partition coefficient (Wildman–Crippen LogP) is 4.45. The Kier molecular flexibility index (Phi) is 7.18. The fourth-order valence-electron chi connectivity index (χ4n) is 8.52. The van der Waals surface area contributed by atoms with E-state index in [1.165, 1.54) is 49.7 Å². The zero-order chi connectivity index (χ0) is 28.0. The number of amides is 2. The van der Waals surface area contributed by atoms with Crippen LogP contribution >= 0.6 is 0 Å². The van der Waals surface area contributed by atoms with E-state index in [-0.39, 0.29) is 23.8 Å². The van der Waals surface area contributed by atoms with Crippen molar-refractivity contribution in [1.29, 1.82) is 0 Å². The van der Waals surface area contributed by atoms with Crippen LogP contribution in [0.5, 0.6) is 0 Å². The number of nitrogens with one attached hydrogen (secondary N) is 2. The minimum absolute atomic E-state index is 0.176. The minimum atomic E-state index is -0.899. The summed E-state index contributed by atoms with van der Waals surface area (Å²) in [5, 5.41) is 27.2. The molecule has 2 amide bonds. The highest BCUT2D eigenvalue weighted by molar-refractivity contribution is 6.06. The van der Waals surface area contributed by atoms with E-state index < -0.39 is 12.0 Å². The van der Waals surface area contributed by atoms with Gasteiger partial charge < -0.3 is 20.8 Å². The number of benzene rings is 3. The summed E-state index contributed by atoms with van der Waals surface area (Å²) in [6, 6.07) is 18.8. The van der Waals surface area contributed by atoms with E-state index in [1.807, 2.05) is 18.2 Å². The van der Waals surface area contributed by atoms with Crippen LogP contribution in [0, 0.1) is 17.8 Å². The van der Waals surface area contributed by atoms with Crippen molar-refractivity contribution in [3.05, 3.63) is 71.3 Å². The molecule has 7 rings (SSSR count). The lowest BCUT2D eigenvalue weighted by Crippen LogP contribution is -2.49. The van der Waals surface area contributed by atoms with Gasteiger partial charge in [-0.25, -0.2) is 0 Å². The first kappa shape index (κ1) is 27.0. The number of rotatable bonds is 8. The van der Waals surface area contributed by atoms with Crippen molar-refractivity contribution in [2.45, 2.75) is 62.4 Å². The Morgan fingerprint density at radius 3 is 1.98 bits per heavy atom. The largest absolute Gasteiger partial charge is 0.394 e. The molecule has 3 aromatic carbocycles. The second-order valence-electron chi connectivity index (χ2n) is 12.6. The minimum Gasteiger partial charge on any atom is -0.394 e. The van der Waals surface area contributed by atoms with Crippen molar-refractivity contribution in [3.63, 3.8) is 0 Å². The zero-order valence-corrected chi connectivity index (χ0v) is 23.5. The van der Waals surface area contributed by atoms with E-state index in [1.54, 1.807) is 14.1 Å². The Balaban J connectivity index is 1.38. The standard InChI is InChI=1S/C34H40N2O4/c1-35-32(39)31(33(40)36-2)28-8-6-23-12-24(3-4-25(23)13-28)26-5-7-27(14-29(38)19-37)30(15-26)34-16-20-9-21(17-34)11-22(10-20)18-34/h3-8,12-13,15,20-22,29,31,37-38H,9-11,14,16-19H2,1-2H3,(H,35,39)(H,36,40). The third kappa shape index (κ3) is 4.82. The molecule has 4 aliphatic rings.